The maximum Gasteiger partial charge on any atom is 0.312 e. The number of ether oxygens (including phenoxy) is 4. The fourth-order valence-electron chi connectivity index (χ4n) is 6.36. The van der Waals surface area contributed by atoms with Gasteiger partial charge in [-0.05, 0) is 54.7 Å². The molecule has 8 heteroatoms. The van der Waals surface area contributed by atoms with Crippen LogP contribution in [0.1, 0.15) is 41.0 Å². The van der Waals surface area contributed by atoms with E-state index in [4.69, 9.17) is 30.5 Å². The molecule has 0 amide bonds. The second-order valence-corrected chi connectivity index (χ2v) is 10.5. The van der Waals surface area contributed by atoms with Crippen LogP contribution in [0.4, 0.5) is 0 Å². The fourth-order valence-corrected chi connectivity index (χ4v) is 6.55. The van der Waals surface area contributed by atoms with Gasteiger partial charge in [-0.1, -0.05) is 42.5 Å². The van der Waals surface area contributed by atoms with Crippen molar-refractivity contribution in [1.82, 2.24) is 0 Å². The van der Waals surface area contributed by atoms with Crippen molar-refractivity contribution < 1.29 is 34.0 Å². The van der Waals surface area contributed by atoms with E-state index in [1.807, 2.05) is 43.3 Å². The van der Waals surface area contributed by atoms with Crippen LogP contribution >= 0.6 is 11.6 Å². The number of hydrogen-bond acceptors (Lipinski definition) is 7. The van der Waals surface area contributed by atoms with Crippen molar-refractivity contribution in [2.24, 2.45) is 5.92 Å². The van der Waals surface area contributed by atoms with Crippen molar-refractivity contribution in [3.8, 4) is 17.2 Å². The van der Waals surface area contributed by atoms with Crippen LogP contribution in [0.5, 0.6) is 17.2 Å². The molecule has 5 rings (SSSR count). The van der Waals surface area contributed by atoms with Crippen LogP contribution in [0, 0.1) is 12.8 Å². The van der Waals surface area contributed by atoms with Gasteiger partial charge in [-0.2, -0.15) is 0 Å². The minimum absolute atomic E-state index is 0.393. The summed E-state index contributed by atoms with van der Waals surface area (Å²) in [7, 11) is 2.85. The smallest absolute Gasteiger partial charge is 0.312 e. The predicted octanol–water partition coefficient (Wildman–Crippen LogP) is 4.82. The first kappa shape index (κ1) is 27.3. The molecule has 0 aromatic heterocycles. The minimum atomic E-state index is -1.99. The first-order chi connectivity index (χ1) is 18.8. The van der Waals surface area contributed by atoms with Gasteiger partial charge in [0, 0.05) is 23.4 Å². The van der Waals surface area contributed by atoms with Gasteiger partial charge in [-0.3, -0.25) is 4.79 Å². The number of aryl methyl sites for hydroxylation is 1. The first-order valence-corrected chi connectivity index (χ1v) is 13.6. The van der Waals surface area contributed by atoms with Gasteiger partial charge >= 0.3 is 5.97 Å². The zero-order valence-electron chi connectivity index (χ0n) is 22.2. The van der Waals surface area contributed by atoms with Gasteiger partial charge in [0.25, 0.3) is 0 Å². The van der Waals surface area contributed by atoms with E-state index in [0.717, 1.165) is 18.4 Å². The number of aliphatic hydroxyl groups excluding tert-OH is 1. The molecule has 206 valence electrons. The molecule has 1 aliphatic heterocycles. The third-order valence-electron chi connectivity index (χ3n) is 8.00. The van der Waals surface area contributed by atoms with Gasteiger partial charge < -0.3 is 29.2 Å². The second-order valence-electron chi connectivity index (χ2n) is 10.1. The summed E-state index contributed by atoms with van der Waals surface area (Å²) in [4.78, 5) is 13.3. The Morgan fingerprint density at radius 3 is 2.38 bits per heavy atom. The molecule has 0 bridgehead atoms. The van der Waals surface area contributed by atoms with Crippen molar-refractivity contribution >= 4 is 17.6 Å². The first-order valence-electron chi connectivity index (χ1n) is 13.0. The molecule has 0 radical (unpaired) electrons. The normalized spacial score (nSPS) is 26.9. The lowest BCUT2D eigenvalue weighted by Crippen LogP contribution is -2.52. The molecule has 3 aromatic carbocycles. The van der Waals surface area contributed by atoms with Gasteiger partial charge in [-0.25, -0.2) is 0 Å². The molecule has 2 aliphatic rings. The summed E-state index contributed by atoms with van der Waals surface area (Å²) in [6, 6.07) is 20.0. The number of halogens is 1. The second kappa shape index (κ2) is 10.7. The van der Waals surface area contributed by atoms with Crippen LogP contribution in [0.15, 0.2) is 66.7 Å². The van der Waals surface area contributed by atoms with Gasteiger partial charge in [-0.15, -0.1) is 11.6 Å². The highest BCUT2D eigenvalue weighted by Gasteiger charge is 2.77. The minimum Gasteiger partial charge on any atom is -0.497 e. The standard InChI is InChI=1S/C31H33ClO7/c1-19-17-23(38-16-8-7-15-32)18-24-26(19)30(35)28(33)25(29(34)37-3)27(20-9-5-4-6-10-20)31(30,39-24)21-11-13-22(36-2)14-12-21/h4-6,9-14,17-18,25,27-28,33,35H,7-8,15-16H2,1-3H3/t25?,27-,28-,30+,31+/m0/s1. The van der Waals surface area contributed by atoms with Crippen LogP contribution in [0.25, 0.3) is 0 Å². The molecule has 0 saturated heterocycles. The Hall–Kier alpha value is -3.26. The molecular weight excluding hydrogens is 520 g/mol. The molecule has 1 aliphatic carbocycles. The monoisotopic (exact) mass is 552 g/mol. The lowest BCUT2D eigenvalue weighted by molar-refractivity contribution is -0.161. The number of fused-ring (bicyclic) bond motifs is 3. The summed E-state index contributed by atoms with van der Waals surface area (Å²) in [5, 5.41) is 24.7. The Labute approximate surface area is 233 Å². The Morgan fingerprint density at radius 2 is 1.74 bits per heavy atom. The number of alkyl halides is 1. The Bertz CT molecular complexity index is 1330. The maximum absolute atomic E-state index is 13.3. The predicted molar refractivity (Wildman–Crippen MR) is 147 cm³/mol. The number of benzene rings is 3. The average molecular weight is 553 g/mol. The number of carbonyl (C=O) groups is 1. The number of aliphatic hydroxyl groups is 2. The van der Waals surface area contributed by atoms with Crippen molar-refractivity contribution in [2.75, 3.05) is 26.7 Å². The summed E-state index contributed by atoms with van der Waals surface area (Å²) >= 11 is 5.80. The molecule has 1 heterocycles. The lowest BCUT2D eigenvalue weighted by atomic mass is 9.70. The van der Waals surface area contributed by atoms with E-state index >= 15 is 0 Å². The number of unbranched alkanes of at least 4 members (excludes halogenated alkanes) is 1. The van der Waals surface area contributed by atoms with E-state index in [1.54, 1.807) is 37.4 Å². The topological polar surface area (TPSA) is 94.5 Å². The van der Waals surface area contributed by atoms with Gasteiger partial charge in [0.2, 0.25) is 0 Å². The molecule has 0 spiro atoms. The summed E-state index contributed by atoms with van der Waals surface area (Å²) in [5.41, 5.74) is -1.15. The van der Waals surface area contributed by atoms with Crippen LogP contribution in [-0.4, -0.2) is 49.0 Å². The molecule has 7 nitrogen and oxygen atoms in total. The van der Waals surface area contributed by atoms with E-state index in [1.165, 1.54) is 7.11 Å². The Balaban J connectivity index is 1.74. The van der Waals surface area contributed by atoms with Crippen LogP contribution in [0.2, 0.25) is 0 Å². The fraction of sp³-hybridized carbons (Fsp3) is 0.387. The summed E-state index contributed by atoms with van der Waals surface area (Å²) in [5.74, 6) is -0.365. The molecule has 39 heavy (non-hydrogen) atoms. The highest BCUT2D eigenvalue weighted by atomic mass is 35.5. The number of hydrogen-bond donors (Lipinski definition) is 2. The summed E-state index contributed by atoms with van der Waals surface area (Å²) < 4.78 is 23.4. The zero-order chi connectivity index (χ0) is 27.8. The number of carbonyl (C=O) groups excluding carboxylic acids is 1. The van der Waals surface area contributed by atoms with Crippen LogP contribution in [0.3, 0.4) is 0 Å². The highest BCUT2D eigenvalue weighted by Crippen LogP contribution is 2.69. The van der Waals surface area contributed by atoms with Gasteiger partial charge in [0.15, 0.2) is 11.2 Å². The SMILES string of the molecule is COC(=O)C1[C@H](O)[C@]2(O)c3c(C)cc(OCCCCCl)cc3O[C@]2(c2ccc(OC)cc2)[C@H]1c1ccccc1. The summed E-state index contributed by atoms with van der Waals surface area (Å²) in [6.45, 7) is 2.32. The van der Waals surface area contributed by atoms with E-state index in [2.05, 4.69) is 0 Å². The molecule has 2 N–H and O–H groups in total. The van der Waals surface area contributed by atoms with Crippen LogP contribution in [-0.2, 0) is 20.7 Å². The molecule has 5 atom stereocenters. The number of methoxy groups -OCH3 is 2. The average Bonchev–Trinajstić information content (AvgIpc) is 3.33. The third-order valence-corrected chi connectivity index (χ3v) is 8.27. The quantitative estimate of drug-likeness (QED) is 0.223. The van der Waals surface area contributed by atoms with Crippen molar-refractivity contribution in [3.63, 3.8) is 0 Å². The molecule has 3 aromatic rings. The molecular formula is C31H33ClO7. The molecule has 1 unspecified atom stereocenters. The number of rotatable bonds is 9. The van der Waals surface area contributed by atoms with Crippen LogP contribution < -0.4 is 14.2 Å². The summed E-state index contributed by atoms with van der Waals surface area (Å²) in [6.07, 6.45) is 0.102. The third kappa shape index (κ3) is 4.15. The Morgan fingerprint density at radius 1 is 1.03 bits per heavy atom. The lowest BCUT2D eigenvalue weighted by Gasteiger charge is -2.41. The largest absolute Gasteiger partial charge is 0.497 e. The van der Waals surface area contributed by atoms with E-state index < -0.39 is 35.1 Å². The number of esters is 1. The maximum atomic E-state index is 13.3. The highest BCUT2D eigenvalue weighted by molar-refractivity contribution is 6.17. The molecule has 1 fully saturated rings. The van der Waals surface area contributed by atoms with Crippen molar-refractivity contribution in [1.29, 1.82) is 0 Å². The zero-order valence-corrected chi connectivity index (χ0v) is 23.0. The van der Waals surface area contributed by atoms with E-state index in [0.29, 0.717) is 46.4 Å². The molecule has 1 saturated carbocycles. The van der Waals surface area contributed by atoms with E-state index in [9.17, 15) is 15.0 Å². The van der Waals surface area contributed by atoms with Crippen molar-refractivity contribution in [3.05, 3.63) is 89.0 Å². The van der Waals surface area contributed by atoms with Gasteiger partial charge in [0.1, 0.15) is 23.4 Å². The Kier molecular flexibility index (Phi) is 7.51. The van der Waals surface area contributed by atoms with E-state index in [-0.39, 0.29) is 0 Å². The van der Waals surface area contributed by atoms with Gasteiger partial charge in [0.05, 0.1) is 26.7 Å². The van der Waals surface area contributed by atoms with Crippen molar-refractivity contribution in [2.45, 2.75) is 43.0 Å².